The minimum atomic E-state index is -0.271. The topological polar surface area (TPSA) is 77.6 Å². The summed E-state index contributed by atoms with van der Waals surface area (Å²) in [5.41, 5.74) is 0. The lowest BCUT2D eigenvalue weighted by atomic mass is 10.5. The minimum Gasteiger partial charge on any atom is -0.707 e. The molecule has 0 spiro atoms. The Bertz CT molecular complexity index is 249. The van der Waals surface area contributed by atoms with E-state index < -0.39 is 0 Å². The van der Waals surface area contributed by atoms with Gasteiger partial charge >= 0.3 is 5.82 Å². The van der Waals surface area contributed by atoms with Crippen LogP contribution in [0, 0.1) is 10.4 Å². The molecule has 3 N–H and O–H groups in total. The first kappa shape index (κ1) is 9.82. The predicted molar refractivity (Wildman–Crippen MR) is 48.4 cm³/mol. The maximum atomic E-state index is 11.2. The highest BCUT2D eigenvalue weighted by molar-refractivity contribution is 5.42. The van der Waals surface area contributed by atoms with Crippen molar-refractivity contribution in [2.75, 3.05) is 13.1 Å². The molecule has 0 aliphatic carbocycles. The van der Waals surface area contributed by atoms with Crippen LogP contribution < -0.4 is 15.7 Å². The third-order valence-electron chi connectivity index (χ3n) is 1.64. The number of nitrogens with one attached hydrogen (secondary N) is 3. The van der Waals surface area contributed by atoms with E-state index in [0.29, 0.717) is 29.5 Å². The SMILES string of the molecule is CCNC1=C(NCC)[NH+]([O-])C=[N+]1[O-]. The molecule has 74 valence electrons. The largest absolute Gasteiger partial charge is 0.707 e. The van der Waals surface area contributed by atoms with Crippen molar-refractivity contribution < 1.29 is 9.80 Å². The van der Waals surface area contributed by atoms with Crippen LogP contribution in [0.4, 0.5) is 0 Å². The smallest absolute Gasteiger partial charge is 0.363 e. The van der Waals surface area contributed by atoms with Crippen LogP contribution in [0.5, 0.6) is 0 Å². The lowest BCUT2D eigenvalue weighted by molar-refractivity contribution is -0.705. The fraction of sp³-hybridized carbons (Fsp3) is 0.571. The lowest BCUT2D eigenvalue weighted by Gasteiger charge is -2.12. The molecule has 1 aliphatic rings. The van der Waals surface area contributed by atoms with Gasteiger partial charge in [0.2, 0.25) is 0 Å². The van der Waals surface area contributed by atoms with E-state index in [9.17, 15) is 10.4 Å². The lowest BCUT2D eigenvalue weighted by Crippen LogP contribution is -3.05. The highest BCUT2D eigenvalue weighted by Crippen LogP contribution is 1.95. The van der Waals surface area contributed by atoms with Gasteiger partial charge in [0.15, 0.2) is 0 Å². The zero-order valence-electron chi connectivity index (χ0n) is 7.76. The molecule has 1 atom stereocenters. The van der Waals surface area contributed by atoms with Gasteiger partial charge in [-0.3, -0.25) is 10.4 Å². The van der Waals surface area contributed by atoms with Crippen molar-refractivity contribution in [1.82, 2.24) is 10.6 Å². The van der Waals surface area contributed by atoms with Crippen LogP contribution in [-0.2, 0) is 0 Å². The van der Waals surface area contributed by atoms with Crippen LogP contribution >= 0.6 is 0 Å². The Hall–Kier alpha value is -1.27. The normalized spacial score (nSPS) is 21.8. The molecule has 1 unspecified atom stereocenters. The van der Waals surface area contributed by atoms with E-state index in [0.717, 1.165) is 6.34 Å². The van der Waals surface area contributed by atoms with Crippen LogP contribution in [-0.4, -0.2) is 24.2 Å². The maximum Gasteiger partial charge on any atom is 0.363 e. The van der Waals surface area contributed by atoms with Crippen LogP contribution in [0.1, 0.15) is 13.8 Å². The Morgan fingerprint density at radius 1 is 1.38 bits per heavy atom. The molecule has 1 aliphatic heterocycles. The molecule has 0 amide bonds. The molecule has 0 aromatic rings. The molecular weight excluding hydrogens is 172 g/mol. The monoisotopic (exact) mass is 186 g/mol. The first-order valence-corrected chi connectivity index (χ1v) is 4.28. The van der Waals surface area contributed by atoms with E-state index in [-0.39, 0.29) is 5.06 Å². The van der Waals surface area contributed by atoms with Gasteiger partial charge in [-0.25, -0.2) is 0 Å². The highest BCUT2D eigenvalue weighted by atomic mass is 16.5. The van der Waals surface area contributed by atoms with Gasteiger partial charge in [-0.2, -0.15) is 4.74 Å². The maximum absolute atomic E-state index is 11.2. The fourth-order valence-corrected chi connectivity index (χ4v) is 1.14. The molecule has 6 heteroatoms. The summed E-state index contributed by atoms with van der Waals surface area (Å²) in [4.78, 5) is 0. The molecule has 13 heavy (non-hydrogen) atoms. The van der Waals surface area contributed by atoms with E-state index in [1.54, 1.807) is 0 Å². The first-order chi connectivity index (χ1) is 6.20. The third kappa shape index (κ3) is 1.90. The van der Waals surface area contributed by atoms with Gasteiger partial charge < -0.3 is 15.7 Å². The summed E-state index contributed by atoms with van der Waals surface area (Å²) in [5, 5.41) is 27.8. The molecule has 0 aromatic carbocycles. The van der Waals surface area contributed by atoms with E-state index in [4.69, 9.17) is 0 Å². The fourth-order valence-electron chi connectivity index (χ4n) is 1.14. The van der Waals surface area contributed by atoms with Crippen molar-refractivity contribution in [3.8, 4) is 0 Å². The minimum absolute atomic E-state index is 0.271. The van der Waals surface area contributed by atoms with E-state index >= 15 is 0 Å². The van der Waals surface area contributed by atoms with Crippen LogP contribution in [0.25, 0.3) is 0 Å². The van der Waals surface area contributed by atoms with Crippen molar-refractivity contribution in [3.63, 3.8) is 0 Å². The standard InChI is InChI=1S/C7H14N4O2/c1-3-8-6-7(9-4-2)11(13)5-10(6)12/h5,8-10H,3-4H2,1-2H3. The van der Waals surface area contributed by atoms with Crippen molar-refractivity contribution in [1.29, 1.82) is 0 Å². The van der Waals surface area contributed by atoms with Gasteiger partial charge in [0.1, 0.15) is 0 Å². The molecule has 6 nitrogen and oxygen atoms in total. The Kier molecular flexibility index (Phi) is 3.10. The van der Waals surface area contributed by atoms with E-state index in [1.165, 1.54) is 0 Å². The Morgan fingerprint density at radius 2 is 2.00 bits per heavy atom. The van der Waals surface area contributed by atoms with Crippen molar-refractivity contribution in [2.24, 2.45) is 0 Å². The first-order valence-electron chi connectivity index (χ1n) is 4.28. The summed E-state index contributed by atoms with van der Waals surface area (Å²) in [6.45, 7) is 4.98. The summed E-state index contributed by atoms with van der Waals surface area (Å²) in [7, 11) is 0. The summed E-state index contributed by atoms with van der Waals surface area (Å²) in [5.74, 6) is 0.675. The molecule has 1 rings (SSSR count). The van der Waals surface area contributed by atoms with E-state index in [2.05, 4.69) is 10.6 Å². The molecule has 0 saturated heterocycles. The number of hydrogen-bond acceptors (Lipinski definition) is 4. The number of hydrogen-bond donors (Lipinski definition) is 3. The van der Waals surface area contributed by atoms with E-state index in [1.807, 2.05) is 13.8 Å². The van der Waals surface area contributed by atoms with Gasteiger partial charge in [-0.1, -0.05) is 0 Å². The third-order valence-corrected chi connectivity index (χ3v) is 1.64. The van der Waals surface area contributed by atoms with Crippen molar-refractivity contribution in [2.45, 2.75) is 13.8 Å². The second-order valence-electron chi connectivity index (χ2n) is 2.60. The Morgan fingerprint density at radius 3 is 2.54 bits per heavy atom. The number of hydroxylamine groups is 3. The average Bonchev–Trinajstić information content (AvgIpc) is 2.33. The quantitative estimate of drug-likeness (QED) is 0.360. The Labute approximate surface area is 76.7 Å². The molecular formula is C7H14N4O2. The molecule has 0 saturated carbocycles. The van der Waals surface area contributed by atoms with Gasteiger partial charge in [-0.05, 0) is 13.8 Å². The van der Waals surface area contributed by atoms with Crippen LogP contribution in [0.3, 0.4) is 0 Å². The number of quaternary nitrogens is 1. The molecule has 0 aromatic heterocycles. The van der Waals surface area contributed by atoms with Gasteiger partial charge in [-0.15, -0.1) is 0 Å². The second-order valence-corrected chi connectivity index (χ2v) is 2.60. The van der Waals surface area contributed by atoms with Crippen LogP contribution in [0.15, 0.2) is 11.6 Å². The summed E-state index contributed by atoms with van der Waals surface area (Å²) < 4.78 is 0.559. The molecule has 0 fully saturated rings. The molecule has 1 heterocycles. The number of rotatable bonds is 4. The molecule has 0 radical (unpaired) electrons. The number of nitrogens with zero attached hydrogens (tertiary/aromatic N) is 1. The average molecular weight is 186 g/mol. The zero-order chi connectivity index (χ0) is 9.84. The van der Waals surface area contributed by atoms with Crippen molar-refractivity contribution in [3.05, 3.63) is 22.1 Å². The highest BCUT2D eigenvalue weighted by Gasteiger charge is 2.26. The van der Waals surface area contributed by atoms with Gasteiger partial charge in [0.05, 0.1) is 6.54 Å². The van der Waals surface area contributed by atoms with Gasteiger partial charge in [0, 0.05) is 6.54 Å². The Balaban J connectivity index is 2.82. The second kappa shape index (κ2) is 4.11. The predicted octanol–water partition coefficient (Wildman–Crippen LogP) is -1.73. The zero-order valence-corrected chi connectivity index (χ0v) is 7.76. The summed E-state index contributed by atoms with van der Waals surface area (Å²) >= 11 is 0. The summed E-state index contributed by atoms with van der Waals surface area (Å²) in [6, 6.07) is 0. The van der Waals surface area contributed by atoms with Gasteiger partial charge in [0.25, 0.3) is 12.2 Å². The molecule has 0 bridgehead atoms. The van der Waals surface area contributed by atoms with Crippen molar-refractivity contribution >= 4 is 6.34 Å². The van der Waals surface area contributed by atoms with Crippen LogP contribution in [0.2, 0.25) is 0 Å². The summed E-state index contributed by atoms with van der Waals surface area (Å²) in [6.07, 6.45) is 1.02.